The lowest BCUT2D eigenvalue weighted by Crippen LogP contribution is -2.36. The molecule has 136 valence electrons. The molecule has 1 fully saturated rings. The van der Waals surface area contributed by atoms with Crippen molar-refractivity contribution >= 4 is 23.4 Å². The average Bonchev–Trinajstić information content (AvgIpc) is 3.13. The summed E-state index contributed by atoms with van der Waals surface area (Å²) < 4.78 is 0. The first-order chi connectivity index (χ1) is 12.5. The number of benzene rings is 2. The largest absolute Gasteiger partial charge is 0.346 e. The summed E-state index contributed by atoms with van der Waals surface area (Å²) in [6, 6.07) is 16.9. The number of likely N-dealkylation sites (tertiary alicyclic amines) is 1. The highest BCUT2D eigenvalue weighted by molar-refractivity contribution is 6.30. The molecule has 4 nitrogen and oxygen atoms in total. The monoisotopic (exact) mass is 370 g/mol. The van der Waals surface area contributed by atoms with Gasteiger partial charge < -0.3 is 9.80 Å². The highest BCUT2D eigenvalue weighted by Crippen LogP contribution is 2.34. The molecule has 0 N–H and O–H groups in total. The molecule has 2 atom stereocenters. The molecule has 0 spiro atoms. The van der Waals surface area contributed by atoms with Crippen LogP contribution in [0, 0.1) is 5.92 Å². The number of hydrogen-bond donors (Lipinski definition) is 0. The Balaban J connectivity index is 1.87. The lowest BCUT2D eigenvalue weighted by Gasteiger charge is -2.23. The Labute approximate surface area is 159 Å². The van der Waals surface area contributed by atoms with E-state index in [0.717, 1.165) is 5.56 Å². The van der Waals surface area contributed by atoms with Crippen LogP contribution >= 0.6 is 11.6 Å². The van der Waals surface area contributed by atoms with Crippen molar-refractivity contribution in [3.63, 3.8) is 0 Å². The molecule has 1 saturated heterocycles. The molecule has 2 amide bonds. The van der Waals surface area contributed by atoms with Gasteiger partial charge in [0.25, 0.3) is 5.91 Å². The summed E-state index contributed by atoms with van der Waals surface area (Å²) in [5, 5.41) is 0.600. The van der Waals surface area contributed by atoms with Crippen LogP contribution in [0.3, 0.4) is 0 Å². The maximum Gasteiger partial charge on any atom is 0.253 e. The van der Waals surface area contributed by atoms with E-state index in [1.54, 1.807) is 34.1 Å². The van der Waals surface area contributed by atoms with Gasteiger partial charge in [-0.2, -0.15) is 0 Å². The van der Waals surface area contributed by atoms with Crippen molar-refractivity contribution in [3.8, 4) is 0 Å². The Hall–Kier alpha value is -2.33. The van der Waals surface area contributed by atoms with E-state index in [1.165, 1.54) is 0 Å². The first-order valence-corrected chi connectivity index (χ1v) is 9.23. The van der Waals surface area contributed by atoms with Gasteiger partial charge in [0.2, 0.25) is 5.91 Å². The molecule has 2 aromatic carbocycles. The van der Waals surface area contributed by atoms with Crippen LogP contribution in [0.5, 0.6) is 0 Å². The third kappa shape index (κ3) is 3.75. The minimum atomic E-state index is -0.224. The zero-order valence-corrected chi connectivity index (χ0v) is 15.8. The third-order valence-corrected chi connectivity index (χ3v) is 5.35. The van der Waals surface area contributed by atoms with Gasteiger partial charge in [-0.15, -0.1) is 0 Å². The molecular weight excluding hydrogens is 348 g/mol. The van der Waals surface area contributed by atoms with Gasteiger partial charge in [-0.25, -0.2) is 0 Å². The van der Waals surface area contributed by atoms with Crippen LogP contribution < -0.4 is 0 Å². The molecule has 0 aliphatic carbocycles. The van der Waals surface area contributed by atoms with Crippen molar-refractivity contribution in [2.45, 2.75) is 12.8 Å². The van der Waals surface area contributed by atoms with E-state index in [1.807, 2.05) is 44.3 Å². The second-order valence-electron chi connectivity index (χ2n) is 6.69. The topological polar surface area (TPSA) is 40.6 Å². The average molecular weight is 371 g/mol. The van der Waals surface area contributed by atoms with E-state index < -0.39 is 0 Å². The third-order valence-electron chi connectivity index (χ3n) is 5.09. The number of hydrogen-bond acceptors (Lipinski definition) is 2. The van der Waals surface area contributed by atoms with Gasteiger partial charge in [0.1, 0.15) is 0 Å². The maximum absolute atomic E-state index is 12.9. The van der Waals surface area contributed by atoms with Crippen molar-refractivity contribution in [1.29, 1.82) is 0 Å². The maximum atomic E-state index is 12.9. The molecule has 0 radical (unpaired) electrons. The van der Waals surface area contributed by atoms with Crippen molar-refractivity contribution < 1.29 is 9.59 Å². The Bertz CT molecular complexity index is 776. The van der Waals surface area contributed by atoms with E-state index in [-0.39, 0.29) is 23.7 Å². The molecule has 5 heteroatoms. The molecule has 2 aromatic rings. The van der Waals surface area contributed by atoms with E-state index in [9.17, 15) is 9.59 Å². The molecular formula is C21H23ClN2O2. The zero-order valence-electron chi connectivity index (χ0n) is 15.1. The van der Waals surface area contributed by atoms with E-state index in [4.69, 9.17) is 11.6 Å². The van der Waals surface area contributed by atoms with Crippen molar-refractivity contribution in [2.75, 3.05) is 26.7 Å². The van der Waals surface area contributed by atoms with Gasteiger partial charge in [0.05, 0.1) is 5.92 Å². The first-order valence-electron chi connectivity index (χ1n) is 8.86. The summed E-state index contributed by atoms with van der Waals surface area (Å²) in [6.07, 6.45) is 0. The molecule has 1 aliphatic heterocycles. The second-order valence-corrected chi connectivity index (χ2v) is 7.13. The van der Waals surface area contributed by atoms with Crippen LogP contribution in [-0.4, -0.2) is 48.3 Å². The number of nitrogens with zero attached hydrogens (tertiary/aromatic N) is 2. The smallest absolute Gasteiger partial charge is 0.253 e. The minimum Gasteiger partial charge on any atom is -0.346 e. The normalized spacial score (nSPS) is 19.4. The number of carbonyl (C=O) groups is 2. The second kappa shape index (κ2) is 7.92. The number of carbonyl (C=O) groups excluding carboxylic acids is 2. The lowest BCUT2D eigenvalue weighted by molar-refractivity contribution is -0.133. The van der Waals surface area contributed by atoms with Gasteiger partial charge >= 0.3 is 0 Å². The van der Waals surface area contributed by atoms with E-state index >= 15 is 0 Å². The summed E-state index contributed by atoms with van der Waals surface area (Å²) in [4.78, 5) is 29.3. The Morgan fingerprint density at radius 3 is 2.35 bits per heavy atom. The summed E-state index contributed by atoms with van der Waals surface area (Å²) in [6.45, 7) is 3.59. The van der Waals surface area contributed by atoms with Crippen LogP contribution in [0.4, 0.5) is 0 Å². The van der Waals surface area contributed by atoms with Crippen LogP contribution in [0.1, 0.15) is 28.8 Å². The fourth-order valence-corrected chi connectivity index (χ4v) is 3.60. The minimum absolute atomic E-state index is 0.00829. The Kier molecular flexibility index (Phi) is 5.62. The fraction of sp³-hybridized carbons (Fsp3) is 0.333. The van der Waals surface area contributed by atoms with Crippen molar-refractivity contribution in [2.24, 2.45) is 5.92 Å². The Morgan fingerprint density at radius 2 is 1.73 bits per heavy atom. The predicted molar refractivity (Wildman–Crippen MR) is 103 cm³/mol. The SMILES string of the molecule is CCN(C)C(=O)C1CN(C(=O)c2ccc(Cl)cc2)CC1c1ccccc1. The molecule has 26 heavy (non-hydrogen) atoms. The highest BCUT2D eigenvalue weighted by Gasteiger charge is 2.41. The van der Waals surface area contributed by atoms with Gasteiger partial charge in [-0.05, 0) is 36.8 Å². The van der Waals surface area contributed by atoms with Gasteiger partial charge in [0.15, 0.2) is 0 Å². The fourth-order valence-electron chi connectivity index (χ4n) is 3.47. The van der Waals surface area contributed by atoms with Crippen molar-refractivity contribution in [1.82, 2.24) is 9.80 Å². The molecule has 0 aromatic heterocycles. The van der Waals surface area contributed by atoms with Gasteiger partial charge in [-0.3, -0.25) is 9.59 Å². The van der Waals surface area contributed by atoms with Crippen molar-refractivity contribution in [3.05, 3.63) is 70.7 Å². The van der Waals surface area contributed by atoms with Gasteiger partial charge in [0, 0.05) is 43.2 Å². The highest BCUT2D eigenvalue weighted by atomic mass is 35.5. The summed E-state index contributed by atoms with van der Waals surface area (Å²) in [5.41, 5.74) is 1.69. The summed E-state index contributed by atoms with van der Waals surface area (Å²) >= 11 is 5.92. The van der Waals surface area contributed by atoms with Crippen LogP contribution in [-0.2, 0) is 4.79 Å². The van der Waals surface area contributed by atoms with Crippen LogP contribution in [0.2, 0.25) is 5.02 Å². The van der Waals surface area contributed by atoms with Gasteiger partial charge in [-0.1, -0.05) is 41.9 Å². The molecule has 3 rings (SSSR count). The Morgan fingerprint density at radius 1 is 1.08 bits per heavy atom. The molecule has 0 bridgehead atoms. The summed E-state index contributed by atoms with van der Waals surface area (Å²) in [5.74, 6) is -0.183. The van der Waals surface area contributed by atoms with Crippen LogP contribution in [0.15, 0.2) is 54.6 Å². The zero-order chi connectivity index (χ0) is 18.7. The number of rotatable bonds is 4. The molecule has 0 saturated carbocycles. The standard InChI is InChI=1S/C21H23ClN2O2/c1-3-23(2)21(26)19-14-24(13-18(19)15-7-5-4-6-8-15)20(25)16-9-11-17(22)12-10-16/h4-12,18-19H,3,13-14H2,1-2H3. The number of amides is 2. The van der Waals surface area contributed by atoms with E-state index in [0.29, 0.717) is 30.2 Å². The molecule has 2 unspecified atom stereocenters. The molecule has 1 heterocycles. The first kappa shape index (κ1) is 18.5. The molecule has 1 aliphatic rings. The number of halogens is 1. The predicted octanol–water partition coefficient (Wildman–Crippen LogP) is 3.67. The lowest BCUT2D eigenvalue weighted by atomic mass is 9.88. The summed E-state index contributed by atoms with van der Waals surface area (Å²) in [7, 11) is 1.81. The van der Waals surface area contributed by atoms with E-state index in [2.05, 4.69) is 0 Å². The van der Waals surface area contributed by atoms with Crippen LogP contribution in [0.25, 0.3) is 0 Å². The quantitative estimate of drug-likeness (QED) is 0.823.